The molecule has 310 valence electrons. The van der Waals surface area contributed by atoms with Crippen molar-refractivity contribution in [2.24, 2.45) is 41.1 Å². The quantitative estimate of drug-likeness (QED) is 0.200. The predicted octanol–water partition coefficient (Wildman–Crippen LogP) is 2.38. The van der Waals surface area contributed by atoms with Crippen molar-refractivity contribution >= 4 is 29.5 Å². The Morgan fingerprint density at radius 2 is 1.44 bits per heavy atom. The van der Waals surface area contributed by atoms with Crippen LogP contribution in [0.5, 0.6) is 0 Å². The van der Waals surface area contributed by atoms with Crippen LogP contribution < -0.4 is 32.7 Å². The molecule has 55 heavy (non-hydrogen) atoms. The van der Waals surface area contributed by atoms with Crippen molar-refractivity contribution in [3.05, 3.63) is 11.8 Å². The number of hydrogen-bond donors (Lipinski definition) is 6. The molecule has 4 saturated carbocycles. The first kappa shape index (κ1) is 42.9. The average Bonchev–Trinajstić information content (AvgIpc) is 3.30. The SMILES string of the molecule is CCC[C@H]1C(=O)N[C@@H](C2CCCCCC2)C(=O)N[C@@H](CN)C(=O)N[C@@H](COC2CC(N)C2)C(=O)N[C@H](C)CO/C(=C/C2C[C@H]3CC[C@@H](C2)C3)[C@@H](C)C(=O)N1C. The van der Waals surface area contributed by atoms with Crippen molar-refractivity contribution in [2.45, 2.75) is 159 Å². The minimum atomic E-state index is -1.17. The number of nitrogens with one attached hydrogen (secondary N) is 4. The predicted molar refractivity (Wildman–Crippen MR) is 209 cm³/mol. The Bertz CT molecular complexity index is 1350. The van der Waals surface area contributed by atoms with Gasteiger partial charge < -0.3 is 47.1 Å². The van der Waals surface area contributed by atoms with E-state index in [0.717, 1.165) is 51.4 Å². The summed E-state index contributed by atoms with van der Waals surface area (Å²) in [5.74, 6) is -0.986. The van der Waals surface area contributed by atoms with Crippen LogP contribution in [-0.4, -0.2) is 104 Å². The van der Waals surface area contributed by atoms with Crippen molar-refractivity contribution in [1.29, 1.82) is 0 Å². The van der Waals surface area contributed by atoms with Gasteiger partial charge in [0.15, 0.2) is 0 Å². The van der Waals surface area contributed by atoms with Crippen molar-refractivity contribution in [1.82, 2.24) is 26.2 Å². The molecular weight excluding hydrogens is 702 g/mol. The van der Waals surface area contributed by atoms with Gasteiger partial charge in [0.2, 0.25) is 29.5 Å². The van der Waals surface area contributed by atoms with Gasteiger partial charge in [0.25, 0.3) is 0 Å². The van der Waals surface area contributed by atoms with Gasteiger partial charge in [0.05, 0.1) is 24.7 Å². The standard InChI is InChI=1S/C41H69N7O7/c1-5-10-34-39(51)47-36(29-11-8-6-7-9-12-29)40(52)45-32(21-42)37(49)46-33(23-54-31-19-30(43)20-31)38(50)44-24(2)22-55-35(25(3)41(53)48(34)4)18-28-16-26-13-14-27(15-26)17-28/h18,24-34,36H,5-17,19-23,42-43H2,1-4H3,(H,44,50)(H,45,52)(H,46,49)(H,47,51)/b35-18+/t24-,25-,26-,27+,28?,30?,31?,32+,33+,34+,36+/m1/s1. The molecule has 14 nitrogen and oxygen atoms in total. The van der Waals surface area contributed by atoms with E-state index in [1.54, 1.807) is 14.0 Å². The van der Waals surface area contributed by atoms with Gasteiger partial charge in [-0.25, -0.2) is 0 Å². The van der Waals surface area contributed by atoms with E-state index in [1.807, 2.05) is 13.8 Å². The van der Waals surface area contributed by atoms with Gasteiger partial charge in [0.1, 0.15) is 36.5 Å². The Balaban J connectivity index is 1.46. The summed E-state index contributed by atoms with van der Waals surface area (Å²) in [6, 6.07) is -4.49. The van der Waals surface area contributed by atoms with E-state index in [2.05, 4.69) is 27.3 Å². The highest BCUT2D eigenvalue weighted by Gasteiger charge is 2.39. The van der Waals surface area contributed by atoms with E-state index in [-0.39, 0.29) is 49.6 Å². The lowest BCUT2D eigenvalue weighted by Gasteiger charge is -2.34. The van der Waals surface area contributed by atoms with Crippen molar-refractivity contribution < 1.29 is 33.4 Å². The maximum Gasteiger partial charge on any atom is 0.245 e. The molecule has 0 radical (unpaired) electrons. The van der Waals surface area contributed by atoms with Crippen LogP contribution in [0.2, 0.25) is 0 Å². The number of hydrogen-bond acceptors (Lipinski definition) is 9. The number of fused-ring (bicyclic) bond motifs is 2. The highest BCUT2D eigenvalue weighted by Crippen LogP contribution is 2.45. The van der Waals surface area contributed by atoms with Gasteiger partial charge in [-0.3, -0.25) is 24.0 Å². The molecule has 1 unspecified atom stereocenters. The molecule has 1 aliphatic heterocycles. The fourth-order valence-electron chi connectivity index (χ4n) is 9.42. The summed E-state index contributed by atoms with van der Waals surface area (Å²) >= 11 is 0. The molecule has 14 heteroatoms. The van der Waals surface area contributed by atoms with Crippen LogP contribution in [0.15, 0.2) is 11.8 Å². The molecule has 5 amide bonds. The van der Waals surface area contributed by atoms with Gasteiger partial charge in [-0.05, 0) is 95.0 Å². The Kier molecular flexibility index (Phi) is 15.8. The number of carbonyl (C=O) groups excluding carboxylic acids is 5. The van der Waals surface area contributed by atoms with Crippen LogP contribution in [0.4, 0.5) is 0 Å². The van der Waals surface area contributed by atoms with Gasteiger partial charge in [-0.15, -0.1) is 0 Å². The molecule has 5 fully saturated rings. The molecule has 9 atom stereocenters. The van der Waals surface area contributed by atoms with Crippen LogP contribution >= 0.6 is 0 Å². The molecule has 5 aliphatic rings. The molecule has 0 aromatic carbocycles. The van der Waals surface area contributed by atoms with E-state index in [9.17, 15) is 24.0 Å². The summed E-state index contributed by atoms with van der Waals surface area (Å²) < 4.78 is 12.4. The normalized spacial score (nSPS) is 37.3. The zero-order valence-electron chi connectivity index (χ0n) is 33.7. The number of ether oxygens (including phenoxy) is 2. The van der Waals surface area contributed by atoms with Crippen molar-refractivity contribution in [2.75, 3.05) is 26.8 Å². The second-order valence-electron chi connectivity index (χ2n) is 17.3. The topological polar surface area (TPSA) is 207 Å². The van der Waals surface area contributed by atoms with Crippen molar-refractivity contribution in [3.8, 4) is 0 Å². The van der Waals surface area contributed by atoms with Gasteiger partial charge in [-0.1, -0.05) is 51.9 Å². The number of carbonyl (C=O) groups is 5. The first-order valence-corrected chi connectivity index (χ1v) is 21.3. The number of nitrogens with two attached hydrogens (primary N) is 2. The minimum Gasteiger partial charge on any atom is -0.495 e. The lowest BCUT2D eigenvalue weighted by Crippen LogP contribution is -2.62. The average molecular weight is 772 g/mol. The fourth-order valence-corrected chi connectivity index (χ4v) is 9.42. The second-order valence-corrected chi connectivity index (χ2v) is 17.3. The van der Waals surface area contributed by atoms with Crippen LogP contribution in [0, 0.1) is 29.6 Å². The Hall–Kier alpha value is -3.23. The number of amides is 5. The number of nitrogens with zero attached hydrogens (tertiary/aromatic N) is 1. The fraction of sp³-hybridized carbons (Fsp3) is 0.829. The van der Waals surface area contributed by atoms with Crippen LogP contribution in [0.3, 0.4) is 0 Å². The monoisotopic (exact) mass is 772 g/mol. The van der Waals surface area contributed by atoms with E-state index in [0.29, 0.717) is 43.3 Å². The zero-order chi connectivity index (χ0) is 39.6. The molecule has 2 bridgehead atoms. The summed E-state index contributed by atoms with van der Waals surface area (Å²) in [7, 11) is 1.65. The summed E-state index contributed by atoms with van der Waals surface area (Å²) in [4.78, 5) is 71.9. The summed E-state index contributed by atoms with van der Waals surface area (Å²) in [6.07, 6.45) is 15.6. The Morgan fingerprint density at radius 3 is 2.05 bits per heavy atom. The maximum atomic E-state index is 14.4. The van der Waals surface area contributed by atoms with E-state index in [4.69, 9.17) is 20.9 Å². The molecule has 1 heterocycles. The largest absolute Gasteiger partial charge is 0.495 e. The minimum absolute atomic E-state index is 0.0381. The highest BCUT2D eigenvalue weighted by atomic mass is 16.5. The van der Waals surface area contributed by atoms with E-state index >= 15 is 0 Å². The maximum absolute atomic E-state index is 14.4. The van der Waals surface area contributed by atoms with Crippen molar-refractivity contribution in [3.63, 3.8) is 0 Å². The highest BCUT2D eigenvalue weighted by molar-refractivity contribution is 5.96. The smallest absolute Gasteiger partial charge is 0.245 e. The third-order valence-electron chi connectivity index (χ3n) is 12.8. The van der Waals surface area contributed by atoms with Crippen LogP contribution in [0.1, 0.15) is 117 Å². The summed E-state index contributed by atoms with van der Waals surface area (Å²) in [5.41, 5.74) is 12.0. The van der Waals surface area contributed by atoms with Gasteiger partial charge >= 0.3 is 0 Å². The van der Waals surface area contributed by atoms with Gasteiger partial charge in [-0.2, -0.15) is 0 Å². The lowest BCUT2D eigenvalue weighted by molar-refractivity contribution is -0.143. The number of rotatable bonds is 8. The molecule has 8 N–H and O–H groups in total. The molecule has 0 spiro atoms. The summed E-state index contributed by atoms with van der Waals surface area (Å²) in [6.45, 7) is 5.34. The van der Waals surface area contributed by atoms with Crippen LogP contribution in [-0.2, 0) is 33.4 Å². The molecule has 5 rings (SSSR count). The molecule has 0 aromatic heterocycles. The summed E-state index contributed by atoms with van der Waals surface area (Å²) in [5, 5.41) is 11.6. The third kappa shape index (κ3) is 11.7. The second kappa shape index (κ2) is 20.3. The number of likely N-dealkylation sites (N-methyl/N-ethyl adjacent to an activating group) is 1. The molecular formula is C41H69N7O7. The molecule has 0 aromatic rings. The van der Waals surface area contributed by atoms with E-state index in [1.165, 1.54) is 24.2 Å². The Morgan fingerprint density at radius 1 is 0.800 bits per heavy atom. The van der Waals surface area contributed by atoms with Gasteiger partial charge in [0, 0.05) is 19.6 Å². The van der Waals surface area contributed by atoms with E-state index < -0.39 is 59.8 Å². The van der Waals surface area contributed by atoms with Crippen LogP contribution in [0.25, 0.3) is 0 Å². The first-order valence-electron chi connectivity index (χ1n) is 21.3. The molecule has 1 saturated heterocycles. The first-order chi connectivity index (χ1) is 26.4. The zero-order valence-corrected chi connectivity index (χ0v) is 33.7. The lowest BCUT2D eigenvalue weighted by atomic mass is 9.80. The number of allylic oxidation sites excluding steroid dienone is 1. The molecule has 4 aliphatic carbocycles. The Labute approximate surface area is 327 Å². The third-order valence-corrected chi connectivity index (χ3v) is 12.8.